The number of carbonyl (C=O) groups excluding carboxylic acids is 2. The standard InChI is InChI=1S/C17H30N2O4/c1-14(20)19-11-6-9-17(22,13-19)16(21)18-10-12-23-15-7-4-2-3-5-8-15/h15,22H,2-13H2,1H3,(H,18,21)/t17-/m1/s1. The quantitative estimate of drug-likeness (QED) is 0.588. The number of ether oxygens (including phenoxy) is 1. The van der Waals surface area contributed by atoms with Gasteiger partial charge in [0.2, 0.25) is 5.91 Å². The fourth-order valence-electron chi connectivity index (χ4n) is 3.45. The Morgan fingerprint density at radius 3 is 2.57 bits per heavy atom. The molecule has 2 aliphatic rings. The van der Waals surface area contributed by atoms with Crippen molar-refractivity contribution in [1.29, 1.82) is 0 Å². The third-order valence-electron chi connectivity index (χ3n) is 4.88. The van der Waals surface area contributed by atoms with Crippen LogP contribution in [0.2, 0.25) is 0 Å². The van der Waals surface area contributed by atoms with E-state index >= 15 is 0 Å². The molecule has 0 aromatic rings. The molecule has 0 aromatic carbocycles. The Balaban J connectivity index is 1.70. The lowest BCUT2D eigenvalue weighted by Gasteiger charge is -2.37. The maximum absolute atomic E-state index is 12.2. The fraction of sp³-hybridized carbons (Fsp3) is 0.882. The fourth-order valence-corrected chi connectivity index (χ4v) is 3.45. The molecule has 0 aromatic heterocycles. The zero-order chi connectivity index (χ0) is 16.7. The molecule has 2 fully saturated rings. The van der Waals surface area contributed by atoms with Gasteiger partial charge >= 0.3 is 0 Å². The Morgan fingerprint density at radius 2 is 1.91 bits per heavy atom. The zero-order valence-corrected chi connectivity index (χ0v) is 14.2. The first-order valence-electron chi connectivity index (χ1n) is 8.89. The van der Waals surface area contributed by atoms with E-state index in [1.165, 1.54) is 37.5 Å². The molecule has 1 aliphatic carbocycles. The Hall–Kier alpha value is -1.14. The average molecular weight is 326 g/mol. The van der Waals surface area contributed by atoms with Crippen molar-refractivity contribution in [3.05, 3.63) is 0 Å². The normalized spacial score (nSPS) is 26.6. The summed E-state index contributed by atoms with van der Waals surface area (Å²) in [7, 11) is 0. The predicted octanol–water partition coefficient (Wildman–Crippen LogP) is 1.22. The molecule has 2 N–H and O–H groups in total. The summed E-state index contributed by atoms with van der Waals surface area (Å²) in [5.41, 5.74) is -1.47. The number of hydrogen-bond acceptors (Lipinski definition) is 4. The van der Waals surface area contributed by atoms with Crippen molar-refractivity contribution in [3.63, 3.8) is 0 Å². The van der Waals surface area contributed by atoms with Crippen molar-refractivity contribution < 1.29 is 19.4 Å². The zero-order valence-electron chi connectivity index (χ0n) is 14.2. The lowest BCUT2D eigenvalue weighted by Crippen LogP contribution is -2.58. The lowest BCUT2D eigenvalue weighted by atomic mass is 9.92. The summed E-state index contributed by atoms with van der Waals surface area (Å²) in [6.45, 7) is 3.03. The smallest absolute Gasteiger partial charge is 0.253 e. The molecule has 6 nitrogen and oxygen atoms in total. The third kappa shape index (κ3) is 5.46. The maximum Gasteiger partial charge on any atom is 0.253 e. The monoisotopic (exact) mass is 326 g/mol. The molecule has 2 rings (SSSR count). The summed E-state index contributed by atoms with van der Waals surface area (Å²) in [6.07, 6.45) is 8.56. The van der Waals surface area contributed by atoms with Gasteiger partial charge in [-0.2, -0.15) is 0 Å². The van der Waals surface area contributed by atoms with Crippen molar-refractivity contribution in [3.8, 4) is 0 Å². The predicted molar refractivity (Wildman–Crippen MR) is 86.9 cm³/mol. The Morgan fingerprint density at radius 1 is 1.22 bits per heavy atom. The van der Waals surface area contributed by atoms with Crippen LogP contribution in [0, 0.1) is 0 Å². The van der Waals surface area contributed by atoms with Gasteiger partial charge in [-0.25, -0.2) is 0 Å². The van der Waals surface area contributed by atoms with Crippen LogP contribution < -0.4 is 5.32 Å². The van der Waals surface area contributed by atoms with Crippen LogP contribution in [0.15, 0.2) is 0 Å². The first-order valence-corrected chi connectivity index (χ1v) is 8.89. The first kappa shape index (κ1) is 18.2. The van der Waals surface area contributed by atoms with Crippen LogP contribution in [0.4, 0.5) is 0 Å². The summed E-state index contributed by atoms with van der Waals surface area (Å²) in [5.74, 6) is -0.500. The highest BCUT2D eigenvalue weighted by Gasteiger charge is 2.40. The van der Waals surface area contributed by atoms with Gasteiger partial charge in [0.25, 0.3) is 5.91 Å². The van der Waals surface area contributed by atoms with Gasteiger partial charge in [0.15, 0.2) is 5.60 Å². The minimum absolute atomic E-state index is 0.0810. The van der Waals surface area contributed by atoms with Crippen LogP contribution in [0.5, 0.6) is 0 Å². The molecular weight excluding hydrogens is 296 g/mol. The number of likely N-dealkylation sites (tertiary alicyclic amines) is 1. The number of aliphatic hydroxyl groups is 1. The average Bonchev–Trinajstić information content (AvgIpc) is 2.80. The number of amides is 2. The van der Waals surface area contributed by atoms with E-state index in [0.717, 1.165) is 12.8 Å². The minimum atomic E-state index is -1.47. The molecule has 1 saturated carbocycles. The van der Waals surface area contributed by atoms with Crippen molar-refractivity contribution >= 4 is 11.8 Å². The second-order valence-electron chi connectivity index (χ2n) is 6.82. The van der Waals surface area contributed by atoms with E-state index in [9.17, 15) is 14.7 Å². The topological polar surface area (TPSA) is 78.9 Å². The van der Waals surface area contributed by atoms with Crippen molar-refractivity contribution in [2.45, 2.75) is 70.0 Å². The highest BCUT2D eigenvalue weighted by Crippen LogP contribution is 2.22. The third-order valence-corrected chi connectivity index (χ3v) is 4.88. The molecule has 6 heteroatoms. The molecule has 2 amide bonds. The van der Waals surface area contributed by atoms with Crippen LogP contribution in [0.1, 0.15) is 58.3 Å². The molecule has 23 heavy (non-hydrogen) atoms. The summed E-state index contributed by atoms with van der Waals surface area (Å²) < 4.78 is 5.83. The van der Waals surface area contributed by atoms with Gasteiger partial charge in [0.1, 0.15) is 0 Å². The highest BCUT2D eigenvalue weighted by molar-refractivity contribution is 5.86. The second kappa shape index (κ2) is 8.64. The number of nitrogens with one attached hydrogen (secondary N) is 1. The van der Waals surface area contributed by atoms with Crippen LogP contribution in [-0.2, 0) is 14.3 Å². The SMILES string of the molecule is CC(=O)N1CCC[C@](O)(C(=O)NCCOC2CCCCCC2)C1. The molecule has 1 heterocycles. The Kier molecular flexibility index (Phi) is 6.84. The van der Waals surface area contributed by atoms with Gasteiger partial charge in [0, 0.05) is 20.0 Å². The van der Waals surface area contributed by atoms with Crippen LogP contribution >= 0.6 is 0 Å². The molecule has 1 saturated heterocycles. The maximum atomic E-state index is 12.2. The minimum Gasteiger partial charge on any atom is -0.378 e. The molecule has 0 radical (unpaired) electrons. The largest absolute Gasteiger partial charge is 0.378 e. The molecule has 0 bridgehead atoms. The van der Waals surface area contributed by atoms with E-state index in [0.29, 0.717) is 38.6 Å². The van der Waals surface area contributed by atoms with Crippen LogP contribution in [-0.4, -0.2) is 59.8 Å². The Labute approximate surface area is 138 Å². The number of piperidine rings is 1. The van der Waals surface area contributed by atoms with Gasteiger partial charge in [-0.05, 0) is 25.7 Å². The van der Waals surface area contributed by atoms with E-state index in [-0.39, 0.29) is 12.5 Å². The number of nitrogens with zero attached hydrogens (tertiary/aromatic N) is 1. The van der Waals surface area contributed by atoms with Gasteiger partial charge in [-0.15, -0.1) is 0 Å². The first-order chi connectivity index (χ1) is 11.0. The molecule has 132 valence electrons. The molecule has 0 unspecified atom stereocenters. The van der Waals surface area contributed by atoms with Gasteiger partial charge in [-0.1, -0.05) is 25.7 Å². The van der Waals surface area contributed by atoms with Crippen molar-refractivity contribution in [2.75, 3.05) is 26.2 Å². The van der Waals surface area contributed by atoms with Crippen LogP contribution in [0.3, 0.4) is 0 Å². The number of carbonyl (C=O) groups is 2. The van der Waals surface area contributed by atoms with E-state index in [1.807, 2.05) is 0 Å². The summed E-state index contributed by atoms with van der Waals surface area (Å²) >= 11 is 0. The molecular formula is C17H30N2O4. The second-order valence-corrected chi connectivity index (χ2v) is 6.82. The van der Waals surface area contributed by atoms with Crippen molar-refractivity contribution in [1.82, 2.24) is 10.2 Å². The lowest BCUT2D eigenvalue weighted by molar-refractivity contribution is -0.150. The summed E-state index contributed by atoms with van der Waals surface area (Å²) in [4.78, 5) is 25.2. The van der Waals surface area contributed by atoms with E-state index < -0.39 is 11.5 Å². The van der Waals surface area contributed by atoms with Crippen LogP contribution in [0.25, 0.3) is 0 Å². The number of β-amino-alcohol motifs (C(OH)–C–C–N with tert-alkyl or cyclic N) is 1. The summed E-state index contributed by atoms with van der Waals surface area (Å²) in [5, 5.41) is 13.3. The number of rotatable bonds is 5. The van der Waals surface area contributed by atoms with E-state index in [1.54, 1.807) is 0 Å². The van der Waals surface area contributed by atoms with Gasteiger partial charge in [-0.3, -0.25) is 9.59 Å². The molecule has 1 atom stereocenters. The van der Waals surface area contributed by atoms with E-state index in [4.69, 9.17) is 4.74 Å². The molecule has 1 aliphatic heterocycles. The van der Waals surface area contributed by atoms with Gasteiger partial charge in [0.05, 0.1) is 19.3 Å². The highest BCUT2D eigenvalue weighted by atomic mass is 16.5. The molecule has 0 spiro atoms. The Bertz CT molecular complexity index is 407. The van der Waals surface area contributed by atoms with Gasteiger partial charge < -0.3 is 20.1 Å². The summed E-state index contributed by atoms with van der Waals surface area (Å²) in [6, 6.07) is 0. The van der Waals surface area contributed by atoms with E-state index in [2.05, 4.69) is 5.32 Å². The number of hydrogen-bond donors (Lipinski definition) is 2. The van der Waals surface area contributed by atoms with Crippen molar-refractivity contribution in [2.24, 2.45) is 0 Å².